The number of carbonyl (C=O) groups excluding carboxylic acids is 1. The number of furan rings is 1. The van der Waals surface area contributed by atoms with Crippen LogP contribution in [-0.2, 0) is 0 Å². The van der Waals surface area contributed by atoms with Crippen LogP contribution in [0, 0.1) is 13.8 Å². The van der Waals surface area contributed by atoms with E-state index in [9.17, 15) is 4.79 Å². The van der Waals surface area contributed by atoms with E-state index in [1.165, 1.54) is 0 Å². The number of nitrogens with one attached hydrogen (secondary N) is 2. The predicted molar refractivity (Wildman–Crippen MR) is 85.5 cm³/mol. The Morgan fingerprint density at radius 3 is 2.68 bits per heavy atom. The minimum absolute atomic E-state index is 0.197. The highest BCUT2D eigenvalue weighted by atomic mass is 16.3. The average Bonchev–Trinajstić information content (AvgIpc) is 2.88. The van der Waals surface area contributed by atoms with Gasteiger partial charge in [-0.3, -0.25) is 4.79 Å². The van der Waals surface area contributed by atoms with E-state index in [4.69, 9.17) is 4.42 Å². The van der Waals surface area contributed by atoms with Gasteiger partial charge >= 0.3 is 0 Å². The summed E-state index contributed by atoms with van der Waals surface area (Å²) in [6.07, 6.45) is 1.80. The molecule has 0 atom stereocenters. The molecule has 1 aliphatic rings. The first kappa shape index (κ1) is 14.6. The summed E-state index contributed by atoms with van der Waals surface area (Å²) in [6.45, 7) is 7.52. The van der Waals surface area contributed by atoms with Crippen LogP contribution >= 0.6 is 0 Å². The van der Waals surface area contributed by atoms with E-state index < -0.39 is 0 Å². The maximum atomic E-state index is 12.2. The van der Waals surface area contributed by atoms with Crippen molar-refractivity contribution in [3.05, 3.63) is 41.5 Å². The molecule has 116 valence electrons. The maximum absolute atomic E-state index is 12.2. The van der Waals surface area contributed by atoms with Crippen LogP contribution < -0.4 is 15.5 Å². The van der Waals surface area contributed by atoms with E-state index in [0.717, 1.165) is 37.6 Å². The molecule has 6 nitrogen and oxygen atoms in total. The van der Waals surface area contributed by atoms with Crippen molar-refractivity contribution in [1.29, 1.82) is 0 Å². The second-order valence-corrected chi connectivity index (χ2v) is 5.42. The largest absolute Gasteiger partial charge is 0.466 e. The Bertz CT molecular complexity index is 657. The summed E-state index contributed by atoms with van der Waals surface area (Å²) >= 11 is 0. The number of rotatable bonds is 3. The Kier molecular flexibility index (Phi) is 4.11. The zero-order valence-corrected chi connectivity index (χ0v) is 12.8. The lowest BCUT2D eigenvalue weighted by atomic mass is 10.2. The van der Waals surface area contributed by atoms with E-state index in [-0.39, 0.29) is 5.91 Å². The van der Waals surface area contributed by atoms with Gasteiger partial charge in [0.25, 0.3) is 5.91 Å². The molecular weight excluding hydrogens is 280 g/mol. The molecule has 0 unspecified atom stereocenters. The maximum Gasteiger partial charge on any atom is 0.260 e. The number of hydrogen-bond donors (Lipinski definition) is 2. The lowest BCUT2D eigenvalue weighted by Gasteiger charge is -2.29. The van der Waals surface area contributed by atoms with Crippen molar-refractivity contribution < 1.29 is 9.21 Å². The van der Waals surface area contributed by atoms with Crippen molar-refractivity contribution in [3.63, 3.8) is 0 Å². The van der Waals surface area contributed by atoms with Crippen LogP contribution in [0.4, 0.5) is 11.5 Å². The van der Waals surface area contributed by atoms with E-state index >= 15 is 0 Å². The molecule has 6 heteroatoms. The molecule has 0 bridgehead atoms. The van der Waals surface area contributed by atoms with Gasteiger partial charge in [0, 0.05) is 26.2 Å². The number of amides is 1. The van der Waals surface area contributed by atoms with Gasteiger partial charge in [-0.2, -0.15) is 0 Å². The Balaban J connectivity index is 1.68. The molecule has 0 radical (unpaired) electrons. The summed E-state index contributed by atoms with van der Waals surface area (Å²) in [7, 11) is 0. The fourth-order valence-corrected chi connectivity index (χ4v) is 2.61. The second kappa shape index (κ2) is 6.19. The lowest BCUT2D eigenvalue weighted by Crippen LogP contribution is -2.43. The second-order valence-electron chi connectivity index (χ2n) is 5.42. The van der Waals surface area contributed by atoms with Gasteiger partial charge in [-0.25, -0.2) is 4.98 Å². The highest BCUT2D eigenvalue weighted by molar-refractivity contribution is 6.04. The number of nitrogens with zero attached hydrogens (tertiary/aromatic N) is 2. The first-order valence-electron chi connectivity index (χ1n) is 7.43. The van der Waals surface area contributed by atoms with E-state index in [2.05, 4.69) is 20.5 Å². The molecule has 2 N–H and O–H groups in total. The van der Waals surface area contributed by atoms with Crippen LogP contribution in [0.25, 0.3) is 0 Å². The van der Waals surface area contributed by atoms with Gasteiger partial charge < -0.3 is 20.0 Å². The van der Waals surface area contributed by atoms with Crippen molar-refractivity contribution in [2.24, 2.45) is 0 Å². The topological polar surface area (TPSA) is 70.4 Å². The van der Waals surface area contributed by atoms with E-state index in [1.807, 2.05) is 19.1 Å². The minimum atomic E-state index is -0.197. The molecule has 0 aromatic carbocycles. The van der Waals surface area contributed by atoms with Crippen LogP contribution in [0.3, 0.4) is 0 Å². The monoisotopic (exact) mass is 300 g/mol. The normalized spacial score (nSPS) is 14.9. The van der Waals surface area contributed by atoms with Gasteiger partial charge in [0.05, 0.1) is 17.4 Å². The first-order valence-corrected chi connectivity index (χ1v) is 7.43. The third kappa shape index (κ3) is 3.12. The van der Waals surface area contributed by atoms with Crippen molar-refractivity contribution in [3.8, 4) is 0 Å². The third-order valence-electron chi connectivity index (χ3n) is 3.76. The summed E-state index contributed by atoms with van der Waals surface area (Å²) in [5.74, 6) is 1.69. The molecular formula is C16H20N4O2. The molecule has 0 saturated carbocycles. The minimum Gasteiger partial charge on any atom is -0.466 e. The molecule has 22 heavy (non-hydrogen) atoms. The van der Waals surface area contributed by atoms with Gasteiger partial charge in [-0.15, -0.1) is 0 Å². The number of piperazine rings is 1. The average molecular weight is 300 g/mol. The third-order valence-corrected chi connectivity index (χ3v) is 3.76. The SMILES string of the molecule is Cc1cc(C(=O)Nc2ccc(N3CCNCC3)cn2)c(C)o1. The smallest absolute Gasteiger partial charge is 0.260 e. The fourth-order valence-electron chi connectivity index (χ4n) is 2.61. The molecule has 1 aliphatic heterocycles. The van der Waals surface area contributed by atoms with Crippen molar-refractivity contribution in [1.82, 2.24) is 10.3 Å². The molecule has 1 amide bonds. The van der Waals surface area contributed by atoms with Crippen molar-refractivity contribution in [2.45, 2.75) is 13.8 Å². The summed E-state index contributed by atoms with van der Waals surface area (Å²) in [6, 6.07) is 5.55. The summed E-state index contributed by atoms with van der Waals surface area (Å²) in [5.41, 5.74) is 1.63. The number of carbonyl (C=O) groups is 1. The number of anilines is 2. The molecule has 3 rings (SSSR count). The molecule has 0 aliphatic carbocycles. The molecule has 3 heterocycles. The fraction of sp³-hybridized carbons (Fsp3) is 0.375. The highest BCUT2D eigenvalue weighted by Gasteiger charge is 2.15. The first-order chi connectivity index (χ1) is 10.6. The molecule has 1 saturated heterocycles. The van der Waals surface area contributed by atoms with Crippen LogP contribution in [0.5, 0.6) is 0 Å². The van der Waals surface area contributed by atoms with Crippen LogP contribution in [-0.4, -0.2) is 37.1 Å². The summed E-state index contributed by atoms with van der Waals surface area (Å²) < 4.78 is 5.38. The van der Waals surface area contributed by atoms with Crippen LogP contribution in [0.15, 0.2) is 28.8 Å². The number of aryl methyl sites for hydroxylation is 2. The van der Waals surface area contributed by atoms with E-state index in [1.54, 1.807) is 19.2 Å². The molecule has 2 aromatic rings. The number of hydrogen-bond acceptors (Lipinski definition) is 5. The van der Waals surface area contributed by atoms with Crippen molar-refractivity contribution >= 4 is 17.4 Å². The Morgan fingerprint density at radius 2 is 2.09 bits per heavy atom. The van der Waals surface area contributed by atoms with Gasteiger partial charge in [-0.05, 0) is 32.0 Å². The standard InChI is InChI=1S/C16H20N4O2/c1-11-9-14(12(2)22-11)16(21)19-15-4-3-13(10-18-15)20-7-5-17-6-8-20/h3-4,9-10,17H,5-8H2,1-2H3,(H,18,19,21). The predicted octanol–water partition coefficient (Wildman–Crippen LogP) is 1.95. The summed E-state index contributed by atoms with van der Waals surface area (Å²) in [4.78, 5) is 18.8. The number of pyridine rings is 1. The lowest BCUT2D eigenvalue weighted by molar-refractivity contribution is 0.102. The van der Waals surface area contributed by atoms with E-state index in [0.29, 0.717) is 17.1 Å². The highest BCUT2D eigenvalue weighted by Crippen LogP contribution is 2.18. The zero-order chi connectivity index (χ0) is 15.5. The number of aromatic nitrogens is 1. The van der Waals surface area contributed by atoms with Gasteiger partial charge in [0.15, 0.2) is 0 Å². The van der Waals surface area contributed by atoms with Crippen LogP contribution in [0.2, 0.25) is 0 Å². The summed E-state index contributed by atoms with van der Waals surface area (Å²) in [5, 5.41) is 6.12. The Hall–Kier alpha value is -2.34. The molecule has 1 fully saturated rings. The van der Waals surface area contributed by atoms with Gasteiger partial charge in [0.1, 0.15) is 17.3 Å². The van der Waals surface area contributed by atoms with Gasteiger partial charge in [0.2, 0.25) is 0 Å². The molecule has 2 aromatic heterocycles. The van der Waals surface area contributed by atoms with Crippen LogP contribution in [0.1, 0.15) is 21.9 Å². The zero-order valence-electron chi connectivity index (χ0n) is 12.8. The van der Waals surface area contributed by atoms with Gasteiger partial charge in [-0.1, -0.05) is 0 Å². The quantitative estimate of drug-likeness (QED) is 0.906. The Morgan fingerprint density at radius 1 is 1.32 bits per heavy atom. The van der Waals surface area contributed by atoms with Crippen molar-refractivity contribution in [2.75, 3.05) is 36.4 Å². The Labute approximate surface area is 129 Å². The molecule has 0 spiro atoms.